The molecule has 3 heteroatoms. The summed E-state index contributed by atoms with van der Waals surface area (Å²) in [5.41, 5.74) is 0. The summed E-state index contributed by atoms with van der Waals surface area (Å²) in [6, 6.07) is 0. The lowest BCUT2D eigenvalue weighted by atomic mass is 10.5. The second-order valence-corrected chi connectivity index (χ2v) is 1.34. The van der Waals surface area contributed by atoms with Crippen molar-refractivity contribution in [3.63, 3.8) is 0 Å². The first-order chi connectivity index (χ1) is 3.77. The molecule has 0 radical (unpaired) electrons. The van der Waals surface area contributed by atoms with E-state index in [1.165, 1.54) is 13.1 Å². The minimum absolute atomic E-state index is 0.0180. The van der Waals surface area contributed by atoms with Crippen molar-refractivity contribution in [1.29, 1.82) is 0 Å². The van der Waals surface area contributed by atoms with Crippen LogP contribution in [0.5, 0.6) is 0 Å². The number of ketones is 1. The molecule has 46 valence electrons. The van der Waals surface area contributed by atoms with E-state index in [0.29, 0.717) is 0 Å². The Kier molecular flexibility index (Phi) is 3.84. The maximum atomic E-state index is 10.1. The summed E-state index contributed by atoms with van der Waals surface area (Å²) in [5.74, 6) is -0.0180. The average Bonchev–Trinajstić information content (AvgIpc) is 1.66. The highest BCUT2D eigenvalue weighted by Crippen LogP contribution is 1.74. The summed E-state index contributed by atoms with van der Waals surface area (Å²) in [5, 5.41) is 3.37. The van der Waals surface area contributed by atoms with Gasteiger partial charge < -0.3 is 4.84 Å². The highest BCUT2D eigenvalue weighted by Gasteiger charge is 1.87. The van der Waals surface area contributed by atoms with Crippen LogP contribution in [0.3, 0.4) is 0 Å². The number of carbonyl (C=O) groups is 1. The van der Waals surface area contributed by atoms with Crippen molar-refractivity contribution in [3.8, 4) is 0 Å². The molecule has 0 aliphatic heterocycles. The largest absolute Gasteiger partial charge is 0.388 e. The molecule has 0 aliphatic rings. The van der Waals surface area contributed by atoms with E-state index in [2.05, 4.69) is 9.99 Å². The first-order valence-corrected chi connectivity index (χ1v) is 2.36. The summed E-state index contributed by atoms with van der Waals surface area (Å²) in [6.45, 7) is 3.25. The first-order valence-electron chi connectivity index (χ1n) is 2.36. The minimum atomic E-state index is -0.0180. The number of hydrogen-bond donors (Lipinski definition) is 0. The molecule has 0 aliphatic carbocycles. The Balaban J connectivity index is 3.05. The van der Waals surface area contributed by atoms with Crippen molar-refractivity contribution in [2.45, 2.75) is 13.8 Å². The third kappa shape index (κ3) is 5.14. The van der Waals surface area contributed by atoms with Crippen LogP contribution < -0.4 is 0 Å². The van der Waals surface area contributed by atoms with Crippen LogP contribution in [-0.4, -0.2) is 18.6 Å². The molecule has 0 N–H and O–H groups in total. The molecule has 0 aromatic rings. The van der Waals surface area contributed by atoms with E-state index in [0.717, 1.165) is 0 Å². The molecule has 0 fully saturated rings. The maximum absolute atomic E-state index is 10.1. The molecule has 8 heavy (non-hydrogen) atoms. The van der Waals surface area contributed by atoms with E-state index < -0.39 is 0 Å². The number of oxime groups is 1. The van der Waals surface area contributed by atoms with Gasteiger partial charge in [-0.25, -0.2) is 0 Å². The number of Topliss-reactive ketones (excluding diaryl/α,β-unsaturated/α-hetero) is 1. The molecule has 0 aromatic heterocycles. The van der Waals surface area contributed by atoms with Crippen molar-refractivity contribution in [2.24, 2.45) is 5.16 Å². The molecular weight excluding hydrogens is 106 g/mol. The van der Waals surface area contributed by atoms with Gasteiger partial charge in [-0.3, -0.25) is 4.79 Å². The lowest BCUT2D eigenvalue weighted by Crippen LogP contribution is -1.98. The third-order valence-electron chi connectivity index (χ3n) is 0.448. The standard InChI is InChI=1S/C5H9NO2/c1-3-6-8-4-5(2)7/h3H,4H2,1-2H3. The fourth-order valence-corrected chi connectivity index (χ4v) is 0.203. The van der Waals surface area contributed by atoms with Crippen molar-refractivity contribution < 1.29 is 9.63 Å². The quantitative estimate of drug-likeness (QED) is 0.399. The van der Waals surface area contributed by atoms with Gasteiger partial charge in [0.2, 0.25) is 0 Å². The highest BCUT2D eigenvalue weighted by atomic mass is 16.6. The molecule has 3 nitrogen and oxygen atoms in total. The van der Waals surface area contributed by atoms with Crippen LogP contribution in [0.25, 0.3) is 0 Å². The first kappa shape index (κ1) is 7.14. The zero-order valence-electron chi connectivity index (χ0n) is 5.05. The fourth-order valence-electron chi connectivity index (χ4n) is 0.203. The van der Waals surface area contributed by atoms with Crippen LogP contribution in [0.4, 0.5) is 0 Å². The van der Waals surface area contributed by atoms with Gasteiger partial charge in [-0.05, 0) is 13.8 Å². The van der Waals surface area contributed by atoms with Crippen molar-refractivity contribution in [3.05, 3.63) is 0 Å². The Bertz CT molecular complexity index is 98.6. The molecular formula is C5H9NO2. The second kappa shape index (κ2) is 4.30. The van der Waals surface area contributed by atoms with Crippen LogP contribution >= 0.6 is 0 Å². The van der Waals surface area contributed by atoms with E-state index in [9.17, 15) is 4.79 Å². The van der Waals surface area contributed by atoms with E-state index in [4.69, 9.17) is 0 Å². The monoisotopic (exact) mass is 115 g/mol. The Morgan fingerprint density at radius 1 is 1.88 bits per heavy atom. The maximum Gasteiger partial charge on any atom is 0.174 e. The van der Waals surface area contributed by atoms with E-state index in [1.807, 2.05) is 0 Å². The van der Waals surface area contributed by atoms with Crippen LogP contribution in [-0.2, 0) is 9.63 Å². The Labute approximate surface area is 48.3 Å². The van der Waals surface area contributed by atoms with Gasteiger partial charge in [-0.1, -0.05) is 5.16 Å². The summed E-state index contributed by atoms with van der Waals surface area (Å²) in [7, 11) is 0. The van der Waals surface area contributed by atoms with Crippen molar-refractivity contribution >= 4 is 12.0 Å². The van der Waals surface area contributed by atoms with Crippen LogP contribution in [0.2, 0.25) is 0 Å². The lowest BCUT2D eigenvalue weighted by molar-refractivity contribution is -0.121. The Hall–Kier alpha value is -0.860. The average molecular weight is 115 g/mol. The van der Waals surface area contributed by atoms with Crippen LogP contribution in [0, 0.1) is 0 Å². The SMILES string of the molecule is CC=NOCC(C)=O. The summed E-state index contributed by atoms with van der Waals surface area (Å²) < 4.78 is 0. The molecule has 0 spiro atoms. The van der Waals surface area contributed by atoms with Gasteiger partial charge in [-0.15, -0.1) is 0 Å². The van der Waals surface area contributed by atoms with Gasteiger partial charge in [0.1, 0.15) is 0 Å². The van der Waals surface area contributed by atoms with E-state index in [1.54, 1.807) is 6.92 Å². The fraction of sp³-hybridized carbons (Fsp3) is 0.600. The molecule has 0 aromatic carbocycles. The predicted octanol–water partition coefficient (Wildman–Crippen LogP) is 0.598. The summed E-state index contributed by atoms with van der Waals surface area (Å²) in [6.07, 6.45) is 1.49. The zero-order valence-corrected chi connectivity index (χ0v) is 5.05. The van der Waals surface area contributed by atoms with Gasteiger partial charge in [0.15, 0.2) is 12.4 Å². The third-order valence-corrected chi connectivity index (χ3v) is 0.448. The molecule has 0 amide bonds. The topological polar surface area (TPSA) is 38.7 Å². The summed E-state index contributed by atoms with van der Waals surface area (Å²) in [4.78, 5) is 14.6. The molecule has 0 saturated heterocycles. The second-order valence-electron chi connectivity index (χ2n) is 1.34. The van der Waals surface area contributed by atoms with Gasteiger partial charge >= 0.3 is 0 Å². The minimum Gasteiger partial charge on any atom is -0.388 e. The van der Waals surface area contributed by atoms with E-state index in [-0.39, 0.29) is 12.4 Å². The smallest absolute Gasteiger partial charge is 0.174 e. The number of rotatable bonds is 3. The molecule has 0 heterocycles. The number of nitrogens with zero attached hydrogens (tertiary/aromatic N) is 1. The van der Waals surface area contributed by atoms with Gasteiger partial charge in [0.05, 0.1) is 0 Å². The molecule has 0 atom stereocenters. The molecule has 0 rings (SSSR count). The molecule has 0 unspecified atom stereocenters. The predicted molar refractivity (Wildman–Crippen MR) is 30.8 cm³/mol. The normalized spacial score (nSPS) is 9.75. The van der Waals surface area contributed by atoms with Crippen molar-refractivity contribution in [1.82, 2.24) is 0 Å². The molecule has 0 saturated carbocycles. The Morgan fingerprint density at radius 2 is 2.50 bits per heavy atom. The van der Waals surface area contributed by atoms with Crippen LogP contribution in [0.1, 0.15) is 13.8 Å². The van der Waals surface area contributed by atoms with E-state index >= 15 is 0 Å². The highest BCUT2D eigenvalue weighted by molar-refractivity contribution is 5.76. The van der Waals surface area contributed by atoms with Crippen molar-refractivity contribution in [2.75, 3.05) is 6.61 Å². The number of carbonyl (C=O) groups excluding carboxylic acids is 1. The van der Waals surface area contributed by atoms with Gasteiger partial charge in [0, 0.05) is 6.21 Å². The molecule has 0 bridgehead atoms. The Morgan fingerprint density at radius 3 is 2.88 bits per heavy atom. The number of hydrogen-bond acceptors (Lipinski definition) is 3. The lowest BCUT2D eigenvalue weighted by Gasteiger charge is -1.89. The van der Waals surface area contributed by atoms with Crippen LogP contribution in [0.15, 0.2) is 5.16 Å². The zero-order chi connectivity index (χ0) is 6.41. The van der Waals surface area contributed by atoms with Gasteiger partial charge in [-0.2, -0.15) is 0 Å². The summed E-state index contributed by atoms with van der Waals surface area (Å²) >= 11 is 0. The van der Waals surface area contributed by atoms with Gasteiger partial charge in [0.25, 0.3) is 0 Å².